The average molecular weight is 326 g/mol. The van der Waals surface area contributed by atoms with Crippen LogP contribution < -0.4 is 0 Å². The Labute approximate surface area is 133 Å². The van der Waals surface area contributed by atoms with E-state index in [2.05, 4.69) is 23.0 Å². The highest BCUT2D eigenvalue weighted by Gasteiger charge is 2.32. The second-order valence-corrected chi connectivity index (χ2v) is 8.90. The Morgan fingerprint density at radius 3 is 2.68 bits per heavy atom. The first-order valence-corrected chi connectivity index (χ1v) is 10.3. The Morgan fingerprint density at radius 1 is 1.27 bits per heavy atom. The van der Waals surface area contributed by atoms with Crippen LogP contribution in [-0.4, -0.2) is 42.6 Å². The van der Waals surface area contributed by atoms with Crippen LogP contribution in [-0.2, 0) is 16.4 Å². The van der Waals surface area contributed by atoms with Gasteiger partial charge in [0.2, 0.25) is 0 Å². The van der Waals surface area contributed by atoms with Crippen molar-refractivity contribution < 1.29 is 12.9 Å². The largest absolute Gasteiger partial charge is 0.360 e. The molecule has 2 heterocycles. The number of aromatic nitrogens is 1. The maximum Gasteiger partial charge on any atom is 0.151 e. The molecule has 1 atom stereocenters. The zero-order valence-corrected chi connectivity index (χ0v) is 14.1. The zero-order chi connectivity index (χ0) is 15.6. The summed E-state index contributed by atoms with van der Waals surface area (Å²) in [4.78, 5) is 2.20. The first-order valence-electron chi connectivity index (χ1n) is 8.47. The molecule has 1 saturated heterocycles. The molecular weight excluding hydrogens is 300 g/mol. The average Bonchev–Trinajstić information content (AvgIpc) is 3.12. The Kier molecular flexibility index (Phi) is 4.88. The standard InChI is InChI=1S/C16H26N2O3S/c1-2-18(14-8-9-22(19,20)12-14)11-15-10-16(17-21-15)13-6-4-3-5-7-13/h10,13-14H,2-9,11-12H2,1H3/t14-/m1/s1. The fourth-order valence-electron chi connectivity index (χ4n) is 3.76. The normalized spacial score (nSPS) is 25.8. The van der Waals surface area contributed by atoms with Gasteiger partial charge in [-0.25, -0.2) is 8.42 Å². The van der Waals surface area contributed by atoms with Crippen LogP contribution in [0.25, 0.3) is 0 Å². The third kappa shape index (κ3) is 3.71. The van der Waals surface area contributed by atoms with Crippen molar-refractivity contribution >= 4 is 9.84 Å². The van der Waals surface area contributed by atoms with Gasteiger partial charge in [0.1, 0.15) is 0 Å². The van der Waals surface area contributed by atoms with E-state index < -0.39 is 9.84 Å². The Hall–Kier alpha value is -0.880. The molecule has 2 fully saturated rings. The monoisotopic (exact) mass is 326 g/mol. The summed E-state index contributed by atoms with van der Waals surface area (Å²) >= 11 is 0. The lowest BCUT2D eigenvalue weighted by Crippen LogP contribution is -2.35. The number of sulfone groups is 1. The summed E-state index contributed by atoms with van der Waals surface area (Å²) < 4.78 is 28.8. The third-order valence-corrected chi connectivity index (χ3v) is 6.84. The van der Waals surface area contributed by atoms with Gasteiger partial charge in [-0.1, -0.05) is 31.3 Å². The van der Waals surface area contributed by atoms with Crippen LogP contribution in [0.1, 0.15) is 62.8 Å². The third-order valence-electron chi connectivity index (χ3n) is 5.09. The quantitative estimate of drug-likeness (QED) is 0.832. The van der Waals surface area contributed by atoms with Crippen molar-refractivity contribution in [2.45, 2.75) is 64.0 Å². The van der Waals surface area contributed by atoms with Crippen LogP contribution in [0.4, 0.5) is 0 Å². The summed E-state index contributed by atoms with van der Waals surface area (Å²) in [5.41, 5.74) is 1.09. The summed E-state index contributed by atoms with van der Waals surface area (Å²) in [5, 5.41) is 4.26. The maximum atomic E-state index is 11.7. The lowest BCUT2D eigenvalue weighted by molar-refractivity contribution is 0.190. The SMILES string of the molecule is CCN(Cc1cc(C2CCCCC2)no1)[C@@H]1CCS(=O)(=O)C1. The van der Waals surface area contributed by atoms with Crippen molar-refractivity contribution in [3.8, 4) is 0 Å². The molecule has 5 nitrogen and oxygen atoms in total. The smallest absolute Gasteiger partial charge is 0.151 e. The van der Waals surface area contributed by atoms with E-state index in [1.165, 1.54) is 32.1 Å². The summed E-state index contributed by atoms with van der Waals surface area (Å²) in [6.45, 7) is 3.57. The Balaban J connectivity index is 1.63. The molecule has 0 N–H and O–H groups in total. The van der Waals surface area contributed by atoms with E-state index in [0.717, 1.165) is 24.4 Å². The molecule has 6 heteroatoms. The van der Waals surface area contributed by atoms with Crippen LogP contribution in [0.15, 0.2) is 10.6 Å². The molecule has 0 spiro atoms. The van der Waals surface area contributed by atoms with E-state index in [-0.39, 0.29) is 11.8 Å². The topological polar surface area (TPSA) is 63.4 Å². The van der Waals surface area contributed by atoms with Gasteiger partial charge in [-0.15, -0.1) is 0 Å². The molecule has 1 aromatic heterocycles. The summed E-state index contributed by atoms with van der Waals surface area (Å²) in [7, 11) is -2.84. The van der Waals surface area contributed by atoms with Crippen molar-refractivity contribution in [1.29, 1.82) is 0 Å². The number of nitrogens with zero attached hydrogens (tertiary/aromatic N) is 2. The fraction of sp³-hybridized carbons (Fsp3) is 0.812. The molecule has 0 unspecified atom stereocenters. The molecule has 124 valence electrons. The second-order valence-electron chi connectivity index (χ2n) is 6.67. The number of hydrogen-bond acceptors (Lipinski definition) is 5. The second kappa shape index (κ2) is 6.71. The van der Waals surface area contributed by atoms with Crippen LogP contribution >= 0.6 is 0 Å². The first kappa shape index (κ1) is 16.0. The number of hydrogen-bond donors (Lipinski definition) is 0. The fourth-order valence-corrected chi connectivity index (χ4v) is 5.52. The predicted octanol–water partition coefficient (Wildman–Crippen LogP) is 2.73. The molecule has 3 rings (SSSR count). The molecule has 22 heavy (non-hydrogen) atoms. The van der Waals surface area contributed by atoms with Gasteiger partial charge in [0, 0.05) is 18.0 Å². The Bertz CT molecular complexity index is 590. The van der Waals surface area contributed by atoms with Gasteiger partial charge in [0.05, 0.1) is 23.7 Å². The van der Waals surface area contributed by atoms with Gasteiger partial charge in [0.25, 0.3) is 0 Å². The molecule has 0 amide bonds. The molecule has 1 aromatic rings. The van der Waals surface area contributed by atoms with Crippen LogP contribution in [0.2, 0.25) is 0 Å². The van der Waals surface area contributed by atoms with E-state index in [9.17, 15) is 8.42 Å². The lowest BCUT2D eigenvalue weighted by atomic mass is 9.87. The Morgan fingerprint density at radius 2 is 2.05 bits per heavy atom. The molecule has 2 aliphatic rings. The minimum absolute atomic E-state index is 0.123. The van der Waals surface area contributed by atoms with Crippen LogP contribution in [0, 0.1) is 0 Å². The predicted molar refractivity (Wildman–Crippen MR) is 85.5 cm³/mol. The highest BCUT2D eigenvalue weighted by Crippen LogP contribution is 2.32. The molecule has 0 aromatic carbocycles. The van der Waals surface area contributed by atoms with E-state index in [4.69, 9.17) is 4.52 Å². The van der Waals surface area contributed by atoms with Crippen molar-refractivity contribution in [1.82, 2.24) is 10.1 Å². The lowest BCUT2D eigenvalue weighted by Gasteiger charge is -2.25. The molecule has 0 radical (unpaired) electrons. The van der Waals surface area contributed by atoms with E-state index in [1.54, 1.807) is 0 Å². The van der Waals surface area contributed by atoms with Gasteiger partial charge in [0.15, 0.2) is 15.6 Å². The van der Waals surface area contributed by atoms with E-state index in [1.807, 2.05) is 0 Å². The van der Waals surface area contributed by atoms with Crippen molar-refractivity contribution in [3.63, 3.8) is 0 Å². The molecular formula is C16H26N2O3S. The molecule has 1 aliphatic carbocycles. The minimum atomic E-state index is -2.84. The van der Waals surface area contributed by atoms with Crippen molar-refractivity contribution in [2.75, 3.05) is 18.1 Å². The summed E-state index contributed by atoms with van der Waals surface area (Å²) in [5.74, 6) is 2.02. The van der Waals surface area contributed by atoms with Crippen molar-refractivity contribution in [3.05, 3.63) is 17.5 Å². The summed E-state index contributed by atoms with van der Waals surface area (Å²) in [6.07, 6.45) is 7.07. The van der Waals surface area contributed by atoms with Gasteiger partial charge in [-0.2, -0.15) is 0 Å². The van der Waals surface area contributed by atoms with Gasteiger partial charge in [-0.3, -0.25) is 4.90 Å². The first-order chi connectivity index (χ1) is 10.6. The van der Waals surface area contributed by atoms with Crippen molar-refractivity contribution in [2.24, 2.45) is 0 Å². The highest BCUT2D eigenvalue weighted by atomic mass is 32.2. The van der Waals surface area contributed by atoms with Crippen LogP contribution in [0.5, 0.6) is 0 Å². The van der Waals surface area contributed by atoms with Crippen LogP contribution in [0.3, 0.4) is 0 Å². The highest BCUT2D eigenvalue weighted by molar-refractivity contribution is 7.91. The maximum absolute atomic E-state index is 11.7. The molecule has 0 bridgehead atoms. The van der Waals surface area contributed by atoms with E-state index >= 15 is 0 Å². The molecule has 1 aliphatic heterocycles. The zero-order valence-electron chi connectivity index (χ0n) is 13.3. The summed E-state index contributed by atoms with van der Waals surface area (Å²) in [6, 6.07) is 2.21. The molecule has 1 saturated carbocycles. The van der Waals surface area contributed by atoms with Gasteiger partial charge >= 0.3 is 0 Å². The van der Waals surface area contributed by atoms with E-state index in [0.29, 0.717) is 18.2 Å². The minimum Gasteiger partial charge on any atom is -0.360 e. The van der Waals surface area contributed by atoms with Gasteiger partial charge in [-0.05, 0) is 25.8 Å². The van der Waals surface area contributed by atoms with Gasteiger partial charge < -0.3 is 4.52 Å². The number of rotatable bonds is 5.